The number of aromatic nitrogens is 4. The molecule has 2 aromatic heterocycles. The molecule has 2 aliphatic rings. The molecule has 13 nitrogen and oxygen atoms in total. The Balaban J connectivity index is 1.24. The molecule has 1 atom stereocenters. The predicted molar refractivity (Wildman–Crippen MR) is 160 cm³/mol. The SMILES string of the molecule is NC(=O)c1cccc2c(NC(CCN3CCN(C(=O)O)CC3)c3cccc(NC(=O)c4cc(C5CC5)[nH]n4)c3)ncnc12. The Morgan fingerprint density at radius 2 is 1.84 bits per heavy atom. The normalized spacial score (nSPS) is 16.1. The lowest BCUT2D eigenvalue weighted by molar-refractivity contribution is 0.0997. The average molecular weight is 584 g/mol. The van der Waals surface area contributed by atoms with Crippen LogP contribution in [0.15, 0.2) is 54.9 Å². The molecule has 43 heavy (non-hydrogen) atoms. The molecule has 1 aliphatic heterocycles. The molecule has 4 aromatic rings. The zero-order chi connectivity index (χ0) is 29.9. The highest BCUT2D eigenvalue weighted by atomic mass is 16.4. The van der Waals surface area contributed by atoms with Crippen molar-refractivity contribution < 1.29 is 19.5 Å². The van der Waals surface area contributed by atoms with Gasteiger partial charge in [-0.05, 0) is 55.2 Å². The van der Waals surface area contributed by atoms with Crippen LogP contribution in [0.5, 0.6) is 0 Å². The van der Waals surface area contributed by atoms with Gasteiger partial charge in [-0.3, -0.25) is 19.6 Å². The highest BCUT2D eigenvalue weighted by Gasteiger charge is 2.27. The summed E-state index contributed by atoms with van der Waals surface area (Å²) in [5.41, 5.74) is 9.24. The van der Waals surface area contributed by atoms with Crippen molar-refractivity contribution in [3.8, 4) is 0 Å². The van der Waals surface area contributed by atoms with E-state index in [1.165, 1.54) is 11.2 Å². The van der Waals surface area contributed by atoms with E-state index in [-0.39, 0.29) is 11.9 Å². The van der Waals surface area contributed by atoms with Crippen LogP contribution < -0.4 is 16.4 Å². The summed E-state index contributed by atoms with van der Waals surface area (Å²) >= 11 is 0. The number of aromatic amines is 1. The maximum Gasteiger partial charge on any atom is 0.407 e. The van der Waals surface area contributed by atoms with Crippen LogP contribution in [-0.4, -0.2) is 85.7 Å². The Hall–Kier alpha value is -5.04. The topological polar surface area (TPSA) is 182 Å². The maximum atomic E-state index is 13.0. The zero-order valence-corrected chi connectivity index (χ0v) is 23.5. The van der Waals surface area contributed by atoms with Crippen LogP contribution in [-0.2, 0) is 0 Å². The van der Waals surface area contributed by atoms with Crippen LogP contribution in [0.1, 0.15) is 63.3 Å². The van der Waals surface area contributed by atoms with Gasteiger partial charge in [0.25, 0.3) is 11.8 Å². The number of nitrogens with two attached hydrogens (primary N) is 1. The van der Waals surface area contributed by atoms with E-state index in [0.29, 0.717) is 78.7 Å². The van der Waals surface area contributed by atoms with E-state index in [2.05, 4.69) is 35.7 Å². The number of piperazine rings is 1. The molecule has 6 N–H and O–H groups in total. The first kappa shape index (κ1) is 28.1. The minimum absolute atomic E-state index is 0.239. The van der Waals surface area contributed by atoms with Gasteiger partial charge in [-0.1, -0.05) is 18.2 Å². The van der Waals surface area contributed by atoms with Gasteiger partial charge in [0.1, 0.15) is 12.1 Å². The van der Waals surface area contributed by atoms with Gasteiger partial charge < -0.3 is 26.4 Å². The molecule has 1 aliphatic carbocycles. The van der Waals surface area contributed by atoms with Gasteiger partial charge in [-0.15, -0.1) is 0 Å². The summed E-state index contributed by atoms with van der Waals surface area (Å²) in [6.45, 7) is 2.89. The van der Waals surface area contributed by atoms with Crippen LogP contribution >= 0.6 is 0 Å². The summed E-state index contributed by atoms with van der Waals surface area (Å²) in [4.78, 5) is 48.8. The molecule has 0 bridgehead atoms. The summed E-state index contributed by atoms with van der Waals surface area (Å²) in [6.07, 6.45) is 3.38. The standard InChI is InChI=1S/C30H33N9O4/c31-27(40)21-5-2-6-22-26(21)32-17-33-28(22)35-23(9-10-38-11-13-39(14-12-38)30(42)43)19-3-1-4-20(15-19)34-29(41)25-16-24(36-37-25)18-7-8-18/h1-6,15-18,23H,7-14H2,(H2,31,40)(H,34,41)(H,36,37)(H,42,43)(H,32,33,35). The van der Waals surface area contributed by atoms with Crippen molar-refractivity contribution in [2.24, 2.45) is 5.73 Å². The van der Waals surface area contributed by atoms with E-state index in [1.807, 2.05) is 36.4 Å². The van der Waals surface area contributed by atoms with Crippen molar-refractivity contribution >= 4 is 40.3 Å². The summed E-state index contributed by atoms with van der Waals surface area (Å²) < 4.78 is 0. The number of benzene rings is 2. The number of amides is 3. The van der Waals surface area contributed by atoms with Gasteiger partial charge in [0.15, 0.2) is 5.69 Å². The van der Waals surface area contributed by atoms with Crippen LogP contribution in [0, 0.1) is 0 Å². The third-order valence-corrected chi connectivity index (χ3v) is 8.01. The largest absolute Gasteiger partial charge is 0.465 e. The minimum atomic E-state index is -0.900. The van der Waals surface area contributed by atoms with Crippen molar-refractivity contribution in [2.75, 3.05) is 43.4 Å². The van der Waals surface area contributed by atoms with Crippen molar-refractivity contribution in [1.82, 2.24) is 30.0 Å². The highest BCUT2D eigenvalue weighted by Crippen LogP contribution is 2.39. The second-order valence-electron chi connectivity index (χ2n) is 10.9. The highest BCUT2D eigenvalue weighted by molar-refractivity contribution is 6.07. The summed E-state index contributed by atoms with van der Waals surface area (Å²) in [5, 5.41) is 23.6. The molecule has 222 valence electrons. The Labute approximate surface area is 247 Å². The fourth-order valence-corrected chi connectivity index (χ4v) is 5.45. The third kappa shape index (κ3) is 6.41. The van der Waals surface area contributed by atoms with Gasteiger partial charge in [-0.25, -0.2) is 14.8 Å². The number of nitrogens with zero attached hydrogens (tertiary/aromatic N) is 5. The van der Waals surface area contributed by atoms with E-state index in [0.717, 1.165) is 24.1 Å². The van der Waals surface area contributed by atoms with E-state index in [4.69, 9.17) is 5.73 Å². The lowest BCUT2D eigenvalue weighted by Gasteiger charge is -2.34. The fourth-order valence-electron chi connectivity index (χ4n) is 5.45. The first-order valence-corrected chi connectivity index (χ1v) is 14.3. The quantitative estimate of drug-likeness (QED) is 0.187. The number of H-pyrrole nitrogens is 1. The Morgan fingerprint density at radius 3 is 2.58 bits per heavy atom. The number of carboxylic acid groups (broad SMARTS) is 1. The van der Waals surface area contributed by atoms with Gasteiger partial charge in [0, 0.05) is 55.4 Å². The number of nitrogens with one attached hydrogen (secondary N) is 3. The molecule has 1 saturated carbocycles. The molecular formula is C30H33N9O4. The maximum absolute atomic E-state index is 13.0. The first-order valence-electron chi connectivity index (χ1n) is 14.3. The van der Waals surface area contributed by atoms with Crippen molar-refractivity contribution in [3.05, 3.63) is 77.4 Å². The molecule has 1 unspecified atom stereocenters. The molecule has 2 aromatic carbocycles. The fraction of sp³-hybridized carbons (Fsp3) is 0.333. The first-order chi connectivity index (χ1) is 20.9. The van der Waals surface area contributed by atoms with E-state index >= 15 is 0 Å². The second kappa shape index (κ2) is 12.1. The molecule has 2 fully saturated rings. The Bertz CT molecular complexity index is 1660. The van der Waals surface area contributed by atoms with Crippen molar-refractivity contribution in [2.45, 2.75) is 31.2 Å². The lowest BCUT2D eigenvalue weighted by Crippen LogP contribution is -2.48. The zero-order valence-electron chi connectivity index (χ0n) is 23.5. The smallest absolute Gasteiger partial charge is 0.407 e. The molecule has 6 rings (SSSR count). The number of para-hydroxylation sites is 1. The number of hydrogen-bond acceptors (Lipinski definition) is 8. The number of carbonyl (C=O) groups excluding carboxylic acids is 2. The lowest BCUT2D eigenvalue weighted by atomic mass is 10.0. The van der Waals surface area contributed by atoms with Gasteiger partial charge in [0.05, 0.1) is 17.1 Å². The number of anilines is 2. The monoisotopic (exact) mass is 583 g/mol. The van der Waals surface area contributed by atoms with Gasteiger partial charge in [-0.2, -0.15) is 5.10 Å². The Kier molecular flexibility index (Phi) is 7.88. The van der Waals surface area contributed by atoms with E-state index in [1.54, 1.807) is 12.1 Å². The average Bonchev–Trinajstić information content (AvgIpc) is 3.74. The third-order valence-electron chi connectivity index (χ3n) is 8.01. The van der Waals surface area contributed by atoms with E-state index < -0.39 is 12.0 Å². The summed E-state index contributed by atoms with van der Waals surface area (Å²) in [7, 11) is 0. The summed E-state index contributed by atoms with van der Waals surface area (Å²) in [5.74, 6) is 0.152. The molecule has 1 saturated heterocycles. The van der Waals surface area contributed by atoms with Crippen LogP contribution in [0.25, 0.3) is 10.9 Å². The van der Waals surface area contributed by atoms with Gasteiger partial charge >= 0.3 is 6.09 Å². The van der Waals surface area contributed by atoms with Crippen LogP contribution in [0.3, 0.4) is 0 Å². The predicted octanol–water partition coefficient (Wildman–Crippen LogP) is 3.42. The van der Waals surface area contributed by atoms with Crippen molar-refractivity contribution in [3.63, 3.8) is 0 Å². The number of hydrogen-bond donors (Lipinski definition) is 5. The number of fused-ring (bicyclic) bond motifs is 1. The molecule has 3 heterocycles. The molecule has 0 radical (unpaired) electrons. The molecular weight excluding hydrogens is 550 g/mol. The molecule has 13 heteroatoms. The minimum Gasteiger partial charge on any atom is -0.465 e. The molecule has 3 amide bonds. The van der Waals surface area contributed by atoms with E-state index in [9.17, 15) is 19.5 Å². The van der Waals surface area contributed by atoms with Crippen LogP contribution in [0.4, 0.5) is 16.3 Å². The number of rotatable bonds is 10. The van der Waals surface area contributed by atoms with Gasteiger partial charge in [0.2, 0.25) is 0 Å². The summed E-state index contributed by atoms with van der Waals surface area (Å²) in [6, 6.07) is 14.4. The second-order valence-corrected chi connectivity index (χ2v) is 10.9. The molecule has 0 spiro atoms. The number of carbonyl (C=O) groups is 3. The Morgan fingerprint density at radius 1 is 1.05 bits per heavy atom. The van der Waals surface area contributed by atoms with Crippen molar-refractivity contribution in [1.29, 1.82) is 0 Å². The van der Waals surface area contributed by atoms with Crippen LogP contribution in [0.2, 0.25) is 0 Å². The number of primary amides is 1.